The quantitative estimate of drug-likeness (QED) is 0.283. The molecular formula is C23H27N3O7S. The van der Waals surface area contributed by atoms with E-state index in [1.807, 2.05) is 6.92 Å². The van der Waals surface area contributed by atoms with Crippen molar-refractivity contribution in [2.24, 2.45) is 11.3 Å². The molecule has 0 bridgehead atoms. The summed E-state index contributed by atoms with van der Waals surface area (Å²) in [5.41, 5.74) is 1.00. The number of esters is 2. The molecule has 4 heterocycles. The van der Waals surface area contributed by atoms with Gasteiger partial charge in [0.25, 0.3) is 0 Å². The smallest absolute Gasteiger partial charge is 0.358 e. The second kappa shape index (κ2) is 8.31. The number of nitrogens with zero attached hydrogens (tertiary/aromatic N) is 3. The molecule has 1 amide bonds. The first-order valence-corrected chi connectivity index (χ1v) is 11.7. The number of carbonyl (C=O) groups is 4. The Bertz CT molecular complexity index is 1250. The van der Waals surface area contributed by atoms with Crippen LogP contribution in [0, 0.1) is 18.3 Å². The standard InChI is InChI=1S/C23H27N3O7S/c1-10-18(34-20-16(12(3)28)24-8-25(10)20)13-7-14-15(11(2)27)19(29)26(14)17(13)21(30)32-9-33-22(31)23(4,5)6/h8,11,14-15,27H,7,9H2,1-6H3/t11-,14-,15-/m1/s1. The van der Waals surface area contributed by atoms with Crippen molar-refractivity contribution in [3.8, 4) is 0 Å². The zero-order valence-corrected chi connectivity index (χ0v) is 20.7. The number of thiazole rings is 1. The van der Waals surface area contributed by atoms with E-state index in [9.17, 15) is 24.3 Å². The highest BCUT2D eigenvalue weighted by Crippen LogP contribution is 2.49. The first kappa shape index (κ1) is 24.1. The Labute approximate surface area is 200 Å². The van der Waals surface area contributed by atoms with Crippen LogP contribution in [0.25, 0.3) is 10.4 Å². The number of ketones is 1. The monoisotopic (exact) mass is 489 g/mol. The van der Waals surface area contributed by atoms with Gasteiger partial charge in [-0.2, -0.15) is 0 Å². The maximum absolute atomic E-state index is 13.1. The number of aromatic nitrogens is 2. The minimum absolute atomic E-state index is 0.0728. The summed E-state index contributed by atoms with van der Waals surface area (Å²) in [7, 11) is 0. The molecule has 0 spiro atoms. The van der Waals surface area contributed by atoms with E-state index < -0.39 is 36.2 Å². The Kier molecular flexibility index (Phi) is 5.89. The average molecular weight is 490 g/mol. The lowest BCUT2D eigenvalue weighted by atomic mass is 9.83. The first-order chi connectivity index (χ1) is 15.8. The lowest BCUT2D eigenvalue weighted by Gasteiger charge is -2.44. The number of fused-ring (bicyclic) bond motifs is 2. The van der Waals surface area contributed by atoms with Crippen LogP contribution in [-0.4, -0.2) is 62.0 Å². The highest BCUT2D eigenvalue weighted by Gasteiger charge is 2.57. The normalized spacial score (nSPS) is 20.9. The predicted octanol–water partition coefficient (Wildman–Crippen LogP) is 2.32. The van der Waals surface area contributed by atoms with Crippen molar-refractivity contribution in [1.29, 1.82) is 0 Å². The highest BCUT2D eigenvalue weighted by molar-refractivity contribution is 7.19. The SMILES string of the molecule is CC(=O)c1ncn2c(C)c(C3=C(C(=O)OCOC(=O)C(C)(C)C)N4C(=O)[C@H]([C@@H](C)O)[C@H]4C3)sc12. The van der Waals surface area contributed by atoms with Gasteiger partial charge in [-0.25, -0.2) is 9.78 Å². The van der Waals surface area contributed by atoms with Crippen LogP contribution in [0.15, 0.2) is 12.0 Å². The van der Waals surface area contributed by atoms with Crippen molar-refractivity contribution in [2.75, 3.05) is 6.79 Å². The average Bonchev–Trinajstić information content (AvgIpc) is 3.37. The van der Waals surface area contributed by atoms with Crippen LogP contribution in [0.1, 0.15) is 62.1 Å². The van der Waals surface area contributed by atoms with E-state index in [-0.39, 0.29) is 23.4 Å². The van der Waals surface area contributed by atoms with Crippen molar-refractivity contribution >= 4 is 45.4 Å². The van der Waals surface area contributed by atoms with Crippen molar-refractivity contribution in [3.05, 3.63) is 28.3 Å². The van der Waals surface area contributed by atoms with E-state index in [1.54, 1.807) is 38.4 Å². The molecule has 1 fully saturated rings. The molecule has 2 aliphatic rings. The molecule has 2 aromatic rings. The van der Waals surface area contributed by atoms with Crippen molar-refractivity contribution < 1.29 is 33.8 Å². The van der Waals surface area contributed by atoms with E-state index in [0.717, 1.165) is 10.6 Å². The minimum atomic E-state index is -0.869. The van der Waals surface area contributed by atoms with Crippen LogP contribution in [0.5, 0.6) is 0 Å². The predicted molar refractivity (Wildman–Crippen MR) is 122 cm³/mol. The van der Waals surface area contributed by atoms with Crippen LogP contribution < -0.4 is 0 Å². The number of hydrogen-bond donors (Lipinski definition) is 1. The molecule has 1 saturated heterocycles. The first-order valence-electron chi connectivity index (χ1n) is 10.9. The summed E-state index contributed by atoms with van der Waals surface area (Å²) in [6.07, 6.45) is 1.03. The molecule has 4 rings (SSSR count). The Morgan fingerprint density at radius 1 is 1.29 bits per heavy atom. The number of aryl methyl sites for hydroxylation is 1. The molecule has 11 heteroatoms. The molecular weight excluding hydrogens is 462 g/mol. The molecule has 0 saturated carbocycles. The van der Waals surface area contributed by atoms with Gasteiger partial charge in [0, 0.05) is 18.2 Å². The van der Waals surface area contributed by atoms with Gasteiger partial charge in [-0.05, 0) is 41.0 Å². The molecule has 0 unspecified atom stereocenters. The Morgan fingerprint density at radius 3 is 2.56 bits per heavy atom. The van der Waals surface area contributed by atoms with Gasteiger partial charge in [0.1, 0.15) is 22.5 Å². The largest absolute Gasteiger partial charge is 0.427 e. The highest BCUT2D eigenvalue weighted by atomic mass is 32.1. The fraction of sp³-hybridized carbons (Fsp3) is 0.522. The molecule has 3 atom stereocenters. The fourth-order valence-electron chi connectivity index (χ4n) is 4.36. The minimum Gasteiger partial charge on any atom is -0.427 e. The van der Waals surface area contributed by atoms with Gasteiger partial charge in [0.15, 0.2) is 5.78 Å². The third kappa shape index (κ3) is 3.72. The van der Waals surface area contributed by atoms with Gasteiger partial charge in [0.2, 0.25) is 12.7 Å². The molecule has 1 N–H and O–H groups in total. The van der Waals surface area contributed by atoms with Crippen LogP contribution in [-0.2, 0) is 23.9 Å². The summed E-state index contributed by atoms with van der Waals surface area (Å²) in [5.74, 6) is -2.48. The summed E-state index contributed by atoms with van der Waals surface area (Å²) in [4.78, 5) is 56.8. The lowest BCUT2D eigenvalue weighted by molar-refractivity contribution is -0.175. The summed E-state index contributed by atoms with van der Waals surface area (Å²) < 4.78 is 12.1. The van der Waals surface area contributed by atoms with E-state index in [2.05, 4.69) is 4.98 Å². The number of β-lactam (4-membered cyclic amide) rings is 1. The number of amides is 1. The Balaban J connectivity index is 1.70. The third-order valence-corrected chi connectivity index (χ3v) is 7.46. The van der Waals surface area contributed by atoms with Crippen LogP contribution >= 0.6 is 11.3 Å². The molecule has 0 aromatic carbocycles. The molecule has 182 valence electrons. The fourth-order valence-corrected chi connectivity index (χ4v) is 5.68. The molecule has 2 aromatic heterocycles. The van der Waals surface area contributed by atoms with Gasteiger partial charge in [-0.3, -0.25) is 18.8 Å². The number of aliphatic hydroxyl groups excluding tert-OH is 1. The van der Waals surface area contributed by atoms with Gasteiger partial charge < -0.3 is 19.5 Å². The number of carbonyl (C=O) groups excluding carboxylic acids is 4. The van der Waals surface area contributed by atoms with Crippen LogP contribution in [0.4, 0.5) is 0 Å². The summed E-state index contributed by atoms with van der Waals surface area (Å²) in [5, 5.41) is 10.1. The molecule has 34 heavy (non-hydrogen) atoms. The van der Waals surface area contributed by atoms with E-state index in [0.29, 0.717) is 22.5 Å². The molecule has 0 radical (unpaired) electrons. The van der Waals surface area contributed by atoms with Crippen LogP contribution in [0.3, 0.4) is 0 Å². The molecule has 0 aliphatic carbocycles. The van der Waals surface area contributed by atoms with Gasteiger partial charge in [-0.15, -0.1) is 11.3 Å². The number of aliphatic hydroxyl groups is 1. The van der Waals surface area contributed by atoms with Crippen molar-refractivity contribution in [2.45, 2.75) is 60.1 Å². The molecule has 2 aliphatic heterocycles. The second-order valence-electron chi connectivity index (χ2n) is 9.65. The number of rotatable bonds is 6. The van der Waals surface area contributed by atoms with Crippen LogP contribution in [0.2, 0.25) is 0 Å². The number of imidazole rings is 1. The summed E-state index contributed by atoms with van der Waals surface area (Å²) in [6.45, 7) is 9.29. The summed E-state index contributed by atoms with van der Waals surface area (Å²) >= 11 is 1.31. The van der Waals surface area contributed by atoms with E-state index >= 15 is 0 Å². The molecule has 10 nitrogen and oxygen atoms in total. The number of hydrogen-bond acceptors (Lipinski definition) is 9. The summed E-state index contributed by atoms with van der Waals surface area (Å²) in [6, 6.07) is -0.381. The maximum Gasteiger partial charge on any atom is 0.358 e. The topological polar surface area (TPSA) is 128 Å². The third-order valence-electron chi connectivity index (χ3n) is 6.13. The Morgan fingerprint density at radius 2 is 1.97 bits per heavy atom. The number of Topliss-reactive ketones (excluding diaryl/α,β-unsaturated/α-hetero) is 1. The maximum atomic E-state index is 13.1. The van der Waals surface area contributed by atoms with Crippen molar-refractivity contribution in [1.82, 2.24) is 14.3 Å². The van der Waals surface area contributed by atoms with Gasteiger partial charge >= 0.3 is 11.9 Å². The number of ether oxygens (including phenoxy) is 2. The van der Waals surface area contributed by atoms with Crippen molar-refractivity contribution in [3.63, 3.8) is 0 Å². The van der Waals surface area contributed by atoms with Gasteiger partial charge in [0.05, 0.1) is 28.4 Å². The zero-order valence-electron chi connectivity index (χ0n) is 19.9. The van der Waals surface area contributed by atoms with Gasteiger partial charge in [-0.1, -0.05) is 0 Å². The van der Waals surface area contributed by atoms with E-state index in [4.69, 9.17) is 9.47 Å². The van der Waals surface area contributed by atoms with E-state index in [1.165, 1.54) is 23.2 Å². The second-order valence-corrected chi connectivity index (χ2v) is 10.6. The zero-order chi connectivity index (χ0) is 25.1. The lowest BCUT2D eigenvalue weighted by Crippen LogP contribution is -2.61. The Hall–Kier alpha value is -3.05.